The van der Waals surface area contributed by atoms with Crippen molar-refractivity contribution in [3.05, 3.63) is 16.4 Å². The van der Waals surface area contributed by atoms with Gasteiger partial charge in [0.15, 0.2) is 10.3 Å². The molecule has 0 spiro atoms. The number of nitrogens with zero attached hydrogens (tertiary/aromatic N) is 4. The summed E-state index contributed by atoms with van der Waals surface area (Å²) < 4.78 is 0. The predicted molar refractivity (Wildman–Crippen MR) is 73.5 cm³/mol. The summed E-state index contributed by atoms with van der Waals surface area (Å²) in [5.41, 5.74) is 0.918. The molecular formula is C12H16Cl2N4. The molecule has 0 radical (unpaired) electrons. The Labute approximate surface area is 117 Å². The molecule has 3 rings (SSSR count). The Hall–Kier alpha value is -0.580. The van der Waals surface area contributed by atoms with Crippen LogP contribution in [0.15, 0.2) is 6.07 Å². The van der Waals surface area contributed by atoms with Crippen molar-refractivity contribution in [1.29, 1.82) is 0 Å². The molecule has 1 atom stereocenters. The highest BCUT2D eigenvalue weighted by molar-refractivity contribution is 6.33. The van der Waals surface area contributed by atoms with Crippen molar-refractivity contribution in [2.24, 2.45) is 0 Å². The number of anilines is 1. The fraction of sp³-hybridized carbons (Fsp3) is 0.667. The van der Waals surface area contributed by atoms with Gasteiger partial charge in [0.05, 0.1) is 5.69 Å². The summed E-state index contributed by atoms with van der Waals surface area (Å²) in [5.74, 6) is 0. The quantitative estimate of drug-likeness (QED) is 0.794. The zero-order chi connectivity index (χ0) is 12.5. The molecule has 1 aromatic rings. The van der Waals surface area contributed by atoms with Gasteiger partial charge in [-0.1, -0.05) is 29.6 Å². The van der Waals surface area contributed by atoms with Gasteiger partial charge >= 0.3 is 0 Å². The normalized spacial score (nSPS) is 25.0. The summed E-state index contributed by atoms with van der Waals surface area (Å²) in [6, 6.07) is 2.46. The van der Waals surface area contributed by atoms with Crippen LogP contribution in [-0.2, 0) is 0 Å². The molecule has 0 aliphatic carbocycles. The van der Waals surface area contributed by atoms with E-state index in [-0.39, 0.29) is 0 Å². The molecule has 0 saturated carbocycles. The van der Waals surface area contributed by atoms with E-state index in [1.54, 1.807) is 0 Å². The van der Waals surface area contributed by atoms with Crippen LogP contribution in [0.25, 0.3) is 0 Å². The van der Waals surface area contributed by atoms with E-state index in [4.69, 9.17) is 23.2 Å². The van der Waals surface area contributed by atoms with Crippen LogP contribution in [0, 0.1) is 0 Å². The molecule has 2 aliphatic rings. The van der Waals surface area contributed by atoms with Gasteiger partial charge in [-0.15, -0.1) is 10.2 Å². The SMILES string of the molecule is Clc1cc(N2CCN3CCCCC3C2)c(Cl)nn1. The lowest BCUT2D eigenvalue weighted by molar-refractivity contribution is 0.133. The van der Waals surface area contributed by atoms with E-state index in [9.17, 15) is 0 Å². The van der Waals surface area contributed by atoms with Gasteiger partial charge in [-0.05, 0) is 19.4 Å². The van der Waals surface area contributed by atoms with Gasteiger partial charge < -0.3 is 4.90 Å². The number of piperidine rings is 1. The first-order chi connectivity index (χ1) is 8.74. The Balaban J connectivity index is 1.79. The minimum atomic E-state index is 0.403. The number of piperazine rings is 1. The standard InChI is InChI=1S/C12H16Cl2N4/c13-11-7-10(12(14)16-15-11)18-6-5-17-4-2-1-3-9(17)8-18/h7,9H,1-6,8H2. The lowest BCUT2D eigenvalue weighted by Gasteiger charge is -2.44. The zero-order valence-corrected chi connectivity index (χ0v) is 11.7. The maximum atomic E-state index is 6.12. The molecule has 18 heavy (non-hydrogen) atoms. The maximum absolute atomic E-state index is 6.12. The van der Waals surface area contributed by atoms with Crippen molar-refractivity contribution >= 4 is 28.9 Å². The molecule has 2 saturated heterocycles. The number of fused-ring (bicyclic) bond motifs is 1. The Morgan fingerprint density at radius 1 is 1.11 bits per heavy atom. The van der Waals surface area contributed by atoms with Crippen LogP contribution >= 0.6 is 23.2 Å². The molecular weight excluding hydrogens is 271 g/mol. The van der Waals surface area contributed by atoms with Crippen LogP contribution in [0.3, 0.4) is 0 Å². The van der Waals surface area contributed by atoms with Gasteiger partial charge in [0.1, 0.15) is 0 Å². The van der Waals surface area contributed by atoms with Crippen LogP contribution in [0.5, 0.6) is 0 Å². The van der Waals surface area contributed by atoms with Crippen molar-refractivity contribution in [2.75, 3.05) is 31.1 Å². The molecule has 6 heteroatoms. The third-order valence-corrected chi connectivity index (χ3v) is 4.33. The molecule has 0 bridgehead atoms. The number of hydrogen-bond acceptors (Lipinski definition) is 4. The molecule has 0 N–H and O–H groups in total. The average Bonchev–Trinajstić information content (AvgIpc) is 2.41. The van der Waals surface area contributed by atoms with Crippen LogP contribution in [0.1, 0.15) is 19.3 Å². The molecule has 0 aromatic carbocycles. The first kappa shape index (κ1) is 12.5. The molecule has 3 heterocycles. The monoisotopic (exact) mass is 286 g/mol. The van der Waals surface area contributed by atoms with E-state index >= 15 is 0 Å². The molecule has 4 nitrogen and oxygen atoms in total. The molecule has 1 unspecified atom stereocenters. The summed E-state index contributed by atoms with van der Waals surface area (Å²) >= 11 is 12.0. The van der Waals surface area contributed by atoms with Gasteiger partial charge in [0.25, 0.3) is 0 Å². The third kappa shape index (κ3) is 2.42. The van der Waals surface area contributed by atoms with Gasteiger partial charge in [0.2, 0.25) is 0 Å². The summed E-state index contributed by atoms with van der Waals surface area (Å²) in [6.45, 7) is 4.34. The molecule has 98 valence electrons. The Morgan fingerprint density at radius 3 is 2.89 bits per heavy atom. The van der Waals surface area contributed by atoms with Crippen molar-refractivity contribution in [3.63, 3.8) is 0 Å². The van der Waals surface area contributed by atoms with Crippen LogP contribution in [0.2, 0.25) is 10.3 Å². The Kier molecular flexibility index (Phi) is 3.59. The summed E-state index contributed by atoms with van der Waals surface area (Å²) in [4.78, 5) is 4.87. The Morgan fingerprint density at radius 2 is 2.00 bits per heavy atom. The van der Waals surface area contributed by atoms with E-state index in [2.05, 4.69) is 20.0 Å². The van der Waals surface area contributed by atoms with Crippen molar-refractivity contribution in [2.45, 2.75) is 25.3 Å². The van der Waals surface area contributed by atoms with Crippen molar-refractivity contribution in [1.82, 2.24) is 15.1 Å². The minimum Gasteiger partial charge on any atom is -0.366 e. The smallest absolute Gasteiger partial charge is 0.175 e. The number of halogens is 2. The average molecular weight is 287 g/mol. The van der Waals surface area contributed by atoms with Crippen molar-refractivity contribution < 1.29 is 0 Å². The second-order valence-corrected chi connectivity index (χ2v) is 5.72. The third-order valence-electron chi connectivity index (χ3n) is 3.88. The highest BCUT2D eigenvalue weighted by Gasteiger charge is 2.29. The zero-order valence-electron chi connectivity index (χ0n) is 10.1. The fourth-order valence-corrected chi connectivity index (χ4v) is 3.29. The van der Waals surface area contributed by atoms with E-state index in [1.807, 2.05) is 6.07 Å². The largest absolute Gasteiger partial charge is 0.366 e. The van der Waals surface area contributed by atoms with Crippen molar-refractivity contribution in [3.8, 4) is 0 Å². The van der Waals surface area contributed by atoms with Gasteiger partial charge in [-0.2, -0.15) is 0 Å². The first-order valence-electron chi connectivity index (χ1n) is 6.42. The Bertz CT molecular complexity index is 440. The molecule has 2 fully saturated rings. The number of hydrogen-bond donors (Lipinski definition) is 0. The predicted octanol–water partition coefficient (Wildman–Crippen LogP) is 2.46. The second kappa shape index (κ2) is 5.19. The maximum Gasteiger partial charge on any atom is 0.175 e. The highest BCUT2D eigenvalue weighted by Crippen LogP contribution is 2.29. The number of rotatable bonds is 1. The van der Waals surface area contributed by atoms with E-state index in [1.165, 1.54) is 25.8 Å². The van der Waals surface area contributed by atoms with E-state index < -0.39 is 0 Å². The highest BCUT2D eigenvalue weighted by atomic mass is 35.5. The topological polar surface area (TPSA) is 32.3 Å². The van der Waals surface area contributed by atoms with E-state index in [0.717, 1.165) is 25.3 Å². The second-order valence-electron chi connectivity index (χ2n) is 4.97. The van der Waals surface area contributed by atoms with E-state index in [0.29, 0.717) is 16.3 Å². The lowest BCUT2D eigenvalue weighted by Crippen LogP contribution is -2.55. The number of aromatic nitrogens is 2. The molecule has 2 aliphatic heterocycles. The van der Waals surface area contributed by atoms with Gasteiger partial charge in [0, 0.05) is 31.7 Å². The van der Waals surface area contributed by atoms with Gasteiger partial charge in [-0.3, -0.25) is 4.90 Å². The first-order valence-corrected chi connectivity index (χ1v) is 7.17. The summed E-state index contributed by atoms with van der Waals surface area (Å²) in [6.07, 6.45) is 3.94. The summed E-state index contributed by atoms with van der Waals surface area (Å²) in [5, 5.41) is 8.50. The van der Waals surface area contributed by atoms with Gasteiger partial charge in [-0.25, -0.2) is 0 Å². The van der Waals surface area contributed by atoms with Crippen LogP contribution in [-0.4, -0.2) is 47.3 Å². The molecule has 1 aromatic heterocycles. The lowest BCUT2D eigenvalue weighted by atomic mass is 9.99. The summed E-state index contributed by atoms with van der Waals surface area (Å²) in [7, 11) is 0. The molecule has 0 amide bonds. The van der Waals surface area contributed by atoms with Crippen LogP contribution < -0.4 is 4.90 Å². The fourth-order valence-electron chi connectivity index (χ4n) is 2.94. The van der Waals surface area contributed by atoms with Crippen LogP contribution in [0.4, 0.5) is 5.69 Å². The minimum absolute atomic E-state index is 0.403.